The maximum absolute atomic E-state index is 12.6. The molecule has 0 aliphatic heterocycles. The van der Waals surface area contributed by atoms with E-state index in [1.54, 1.807) is 30.3 Å². The van der Waals surface area contributed by atoms with E-state index in [4.69, 9.17) is 9.47 Å². The lowest BCUT2D eigenvalue weighted by Crippen LogP contribution is -2.13. The van der Waals surface area contributed by atoms with Crippen LogP contribution >= 0.6 is 15.9 Å². The summed E-state index contributed by atoms with van der Waals surface area (Å²) in [6.45, 7) is 2.88. The minimum atomic E-state index is -0.488. The Bertz CT molecular complexity index is 1100. The zero-order valence-electron chi connectivity index (χ0n) is 17.0. The molecule has 6 heteroatoms. The van der Waals surface area contributed by atoms with Gasteiger partial charge in [-0.1, -0.05) is 46.3 Å². The summed E-state index contributed by atoms with van der Waals surface area (Å²) in [4.78, 5) is 12.6. The van der Waals surface area contributed by atoms with E-state index in [1.807, 2.05) is 55.5 Å². The second-order valence-electron chi connectivity index (χ2n) is 6.58. The number of hydrogen-bond acceptors (Lipinski definition) is 4. The van der Waals surface area contributed by atoms with E-state index >= 15 is 0 Å². The predicted molar refractivity (Wildman–Crippen MR) is 125 cm³/mol. The molecule has 3 aromatic carbocycles. The standard InChI is InChI=1S/C25H21BrN2O3/c1-2-30-24-14-19(13-21(26)15-24)12-20(16-27)25(29)28-22-8-10-23(11-9-22)31-17-18-6-4-3-5-7-18/h3-15H,2,17H2,1H3,(H,28,29)/b20-12+. The third-order valence-corrected chi connectivity index (χ3v) is 4.70. The predicted octanol–water partition coefficient (Wildman–Crippen LogP) is 5.97. The fraction of sp³-hybridized carbons (Fsp3) is 0.120. The normalized spacial score (nSPS) is 10.8. The lowest BCUT2D eigenvalue weighted by Gasteiger charge is -2.09. The summed E-state index contributed by atoms with van der Waals surface area (Å²) in [5.74, 6) is 0.862. The van der Waals surface area contributed by atoms with Crippen molar-refractivity contribution in [3.05, 3.63) is 94.0 Å². The van der Waals surface area contributed by atoms with Crippen molar-refractivity contribution in [3.63, 3.8) is 0 Å². The van der Waals surface area contributed by atoms with Crippen LogP contribution < -0.4 is 14.8 Å². The fourth-order valence-corrected chi connectivity index (χ4v) is 3.30. The van der Waals surface area contributed by atoms with Crippen LogP contribution in [-0.2, 0) is 11.4 Å². The molecule has 0 spiro atoms. The van der Waals surface area contributed by atoms with E-state index in [2.05, 4.69) is 21.2 Å². The molecule has 5 nitrogen and oxygen atoms in total. The van der Waals surface area contributed by atoms with Gasteiger partial charge in [0.15, 0.2) is 0 Å². The summed E-state index contributed by atoms with van der Waals surface area (Å²) in [7, 11) is 0. The molecule has 3 aromatic rings. The number of nitrogens with zero attached hydrogens (tertiary/aromatic N) is 1. The van der Waals surface area contributed by atoms with Gasteiger partial charge in [-0.25, -0.2) is 0 Å². The third kappa shape index (κ3) is 6.73. The zero-order chi connectivity index (χ0) is 22.1. The van der Waals surface area contributed by atoms with Crippen LogP contribution in [0.5, 0.6) is 11.5 Å². The molecule has 0 heterocycles. The van der Waals surface area contributed by atoms with E-state index in [9.17, 15) is 10.1 Å². The minimum Gasteiger partial charge on any atom is -0.494 e. The number of carbonyl (C=O) groups is 1. The first-order valence-corrected chi connectivity index (χ1v) is 10.5. The Morgan fingerprint density at radius 1 is 1.03 bits per heavy atom. The second kappa shape index (κ2) is 11.0. The topological polar surface area (TPSA) is 71.3 Å². The number of anilines is 1. The lowest BCUT2D eigenvalue weighted by atomic mass is 10.1. The summed E-state index contributed by atoms with van der Waals surface area (Å²) in [5, 5.41) is 12.2. The van der Waals surface area contributed by atoms with Crippen molar-refractivity contribution in [1.29, 1.82) is 5.26 Å². The van der Waals surface area contributed by atoms with Crippen LogP contribution in [0.2, 0.25) is 0 Å². The van der Waals surface area contributed by atoms with Crippen molar-refractivity contribution >= 4 is 33.6 Å². The molecule has 0 aromatic heterocycles. The lowest BCUT2D eigenvalue weighted by molar-refractivity contribution is -0.112. The van der Waals surface area contributed by atoms with Crippen molar-refractivity contribution < 1.29 is 14.3 Å². The van der Waals surface area contributed by atoms with Gasteiger partial charge >= 0.3 is 0 Å². The fourth-order valence-electron chi connectivity index (χ4n) is 2.81. The minimum absolute atomic E-state index is 0.00930. The van der Waals surface area contributed by atoms with Crippen LogP contribution in [0.25, 0.3) is 6.08 Å². The summed E-state index contributed by atoms with van der Waals surface area (Å²) in [6, 6.07) is 24.3. The second-order valence-corrected chi connectivity index (χ2v) is 7.49. The van der Waals surface area contributed by atoms with E-state index < -0.39 is 5.91 Å². The first kappa shape index (κ1) is 22.1. The smallest absolute Gasteiger partial charge is 0.266 e. The van der Waals surface area contributed by atoms with Crippen LogP contribution in [-0.4, -0.2) is 12.5 Å². The third-order valence-electron chi connectivity index (χ3n) is 4.24. The molecule has 0 bridgehead atoms. The van der Waals surface area contributed by atoms with Crippen LogP contribution in [0, 0.1) is 11.3 Å². The Hall–Kier alpha value is -3.56. The molecular formula is C25H21BrN2O3. The van der Waals surface area contributed by atoms with Crippen LogP contribution in [0.4, 0.5) is 5.69 Å². The molecule has 0 unspecified atom stereocenters. The van der Waals surface area contributed by atoms with Gasteiger partial charge in [-0.2, -0.15) is 5.26 Å². The highest BCUT2D eigenvalue weighted by Crippen LogP contribution is 2.24. The molecule has 0 saturated carbocycles. The van der Waals surface area contributed by atoms with Gasteiger partial charge in [0.05, 0.1) is 6.61 Å². The first-order valence-electron chi connectivity index (χ1n) is 9.70. The molecule has 156 valence electrons. The number of carbonyl (C=O) groups excluding carboxylic acids is 1. The van der Waals surface area contributed by atoms with Crippen molar-refractivity contribution in [2.45, 2.75) is 13.5 Å². The molecule has 31 heavy (non-hydrogen) atoms. The molecule has 0 saturated heterocycles. The average molecular weight is 477 g/mol. The van der Waals surface area contributed by atoms with Gasteiger partial charge in [-0.05, 0) is 66.6 Å². The van der Waals surface area contributed by atoms with Crippen LogP contribution in [0.15, 0.2) is 82.8 Å². The first-order chi connectivity index (χ1) is 15.1. The summed E-state index contributed by atoms with van der Waals surface area (Å²) in [6.07, 6.45) is 1.53. The number of benzene rings is 3. The van der Waals surface area contributed by atoms with Crippen molar-refractivity contribution in [3.8, 4) is 17.6 Å². The van der Waals surface area contributed by atoms with Gasteiger partial charge in [0.1, 0.15) is 29.7 Å². The largest absolute Gasteiger partial charge is 0.494 e. The molecule has 0 atom stereocenters. The number of amides is 1. The van der Waals surface area contributed by atoms with Crippen molar-refractivity contribution in [2.24, 2.45) is 0 Å². The number of rotatable bonds is 8. The van der Waals surface area contributed by atoms with E-state index in [1.165, 1.54) is 6.08 Å². The van der Waals surface area contributed by atoms with Crippen LogP contribution in [0.3, 0.4) is 0 Å². The SMILES string of the molecule is CCOc1cc(Br)cc(/C=C(\C#N)C(=O)Nc2ccc(OCc3ccccc3)cc2)c1. The number of nitrogens with one attached hydrogen (secondary N) is 1. The number of hydrogen-bond donors (Lipinski definition) is 1. The number of nitriles is 1. The molecule has 0 aliphatic rings. The average Bonchev–Trinajstić information content (AvgIpc) is 2.77. The van der Waals surface area contributed by atoms with Gasteiger partial charge in [0, 0.05) is 10.2 Å². The van der Waals surface area contributed by atoms with Gasteiger partial charge in [0.2, 0.25) is 0 Å². The highest BCUT2D eigenvalue weighted by molar-refractivity contribution is 9.10. The van der Waals surface area contributed by atoms with Gasteiger partial charge < -0.3 is 14.8 Å². The zero-order valence-corrected chi connectivity index (χ0v) is 18.6. The summed E-state index contributed by atoms with van der Waals surface area (Å²) in [5.41, 5.74) is 2.32. The van der Waals surface area contributed by atoms with Crippen molar-refractivity contribution in [2.75, 3.05) is 11.9 Å². The molecule has 1 N–H and O–H groups in total. The Kier molecular flexibility index (Phi) is 7.85. The van der Waals surface area contributed by atoms with Gasteiger partial charge in [-0.3, -0.25) is 4.79 Å². The highest BCUT2D eigenvalue weighted by Gasteiger charge is 2.10. The Balaban J connectivity index is 1.65. The van der Waals surface area contributed by atoms with E-state index in [0.717, 1.165) is 10.0 Å². The van der Waals surface area contributed by atoms with Crippen LogP contribution in [0.1, 0.15) is 18.1 Å². The molecule has 0 fully saturated rings. The Labute approximate surface area is 190 Å². The number of halogens is 1. The Morgan fingerprint density at radius 2 is 1.77 bits per heavy atom. The molecular weight excluding hydrogens is 456 g/mol. The summed E-state index contributed by atoms with van der Waals surface area (Å²) < 4.78 is 12.1. The molecule has 1 amide bonds. The van der Waals surface area contributed by atoms with Crippen molar-refractivity contribution in [1.82, 2.24) is 0 Å². The summed E-state index contributed by atoms with van der Waals surface area (Å²) >= 11 is 3.42. The van der Waals surface area contributed by atoms with Gasteiger partial charge in [-0.15, -0.1) is 0 Å². The Morgan fingerprint density at radius 3 is 2.45 bits per heavy atom. The van der Waals surface area contributed by atoms with E-state index in [0.29, 0.717) is 36.0 Å². The maximum Gasteiger partial charge on any atom is 0.266 e. The molecule has 0 radical (unpaired) electrons. The highest BCUT2D eigenvalue weighted by atomic mass is 79.9. The van der Waals surface area contributed by atoms with E-state index in [-0.39, 0.29) is 5.57 Å². The molecule has 3 rings (SSSR count). The number of ether oxygens (including phenoxy) is 2. The quantitative estimate of drug-likeness (QED) is 0.321. The maximum atomic E-state index is 12.6. The molecule has 0 aliphatic carbocycles. The van der Waals surface area contributed by atoms with Gasteiger partial charge in [0.25, 0.3) is 5.91 Å². The monoisotopic (exact) mass is 476 g/mol.